The molecule has 7 heteroatoms. The Morgan fingerprint density at radius 3 is 2.78 bits per heavy atom. The monoisotopic (exact) mass is 323 g/mol. The van der Waals surface area contributed by atoms with Crippen molar-refractivity contribution in [2.24, 2.45) is 0 Å². The Balaban J connectivity index is 1.90. The van der Waals surface area contributed by atoms with E-state index in [1.54, 1.807) is 4.90 Å². The predicted molar refractivity (Wildman–Crippen MR) is 83.7 cm³/mol. The largest absolute Gasteiger partial charge is 0.467 e. The smallest absolute Gasteiger partial charge is 0.328 e. The Kier molecular flexibility index (Phi) is 5.76. The van der Waals surface area contributed by atoms with Gasteiger partial charge in [-0.2, -0.15) is 5.10 Å². The number of esters is 1. The highest BCUT2D eigenvalue weighted by atomic mass is 16.5. The van der Waals surface area contributed by atoms with Crippen LogP contribution in [0.2, 0.25) is 0 Å². The molecule has 0 radical (unpaired) electrons. The zero-order valence-electron chi connectivity index (χ0n) is 14.0. The van der Waals surface area contributed by atoms with Crippen LogP contribution in [0.15, 0.2) is 6.07 Å². The van der Waals surface area contributed by atoms with E-state index in [2.05, 4.69) is 5.10 Å². The molecule has 1 aromatic heterocycles. The number of likely N-dealkylation sites (tertiary alicyclic amines) is 1. The summed E-state index contributed by atoms with van der Waals surface area (Å²) in [5.41, 5.74) is 2.04. The lowest BCUT2D eigenvalue weighted by Crippen LogP contribution is -2.51. The maximum atomic E-state index is 12.4. The second-order valence-corrected chi connectivity index (χ2v) is 6.06. The van der Waals surface area contributed by atoms with Crippen molar-refractivity contribution >= 4 is 11.9 Å². The molecule has 1 fully saturated rings. The van der Waals surface area contributed by atoms with Crippen LogP contribution in [-0.2, 0) is 20.9 Å². The third kappa shape index (κ3) is 4.31. The van der Waals surface area contributed by atoms with Crippen LogP contribution >= 0.6 is 0 Å². The van der Waals surface area contributed by atoms with Crippen molar-refractivity contribution in [3.63, 3.8) is 0 Å². The van der Waals surface area contributed by atoms with Crippen LogP contribution in [0.5, 0.6) is 0 Å². The number of piperidine rings is 1. The van der Waals surface area contributed by atoms with Crippen molar-refractivity contribution in [2.75, 3.05) is 13.7 Å². The minimum Gasteiger partial charge on any atom is -0.467 e. The SMILES string of the molecule is COC(=O)[C@@H]1C[C@H](O)CCN1C(=O)CCCn1nc(C)cc1C. The summed E-state index contributed by atoms with van der Waals surface area (Å²) in [5, 5.41) is 14.1. The second kappa shape index (κ2) is 7.59. The molecule has 0 saturated carbocycles. The van der Waals surface area contributed by atoms with Crippen molar-refractivity contribution in [3.8, 4) is 0 Å². The molecule has 1 amide bonds. The van der Waals surface area contributed by atoms with Crippen LogP contribution in [0.1, 0.15) is 37.1 Å². The molecule has 1 aromatic rings. The summed E-state index contributed by atoms with van der Waals surface area (Å²) < 4.78 is 6.64. The Morgan fingerprint density at radius 1 is 1.43 bits per heavy atom. The van der Waals surface area contributed by atoms with Gasteiger partial charge in [0, 0.05) is 31.6 Å². The highest BCUT2D eigenvalue weighted by Gasteiger charge is 2.35. The number of aryl methyl sites for hydroxylation is 3. The number of hydrogen-bond acceptors (Lipinski definition) is 5. The lowest BCUT2D eigenvalue weighted by molar-refractivity contribution is -0.157. The summed E-state index contributed by atoms with van der Waals surface area (Å²) in [7, 11) is 1.30. The lowest BCUT2D eigenvalue weighted by atomic mass is 9.99. The van der Waals surface area contributed by atoms with E-state index in [9.17, 15) is 14.7 Å². The van der Waals surface area contributed by atoms with E-state index < -0.39 is 18.1 Å². The Hall–Kier alpha value is -1.89. The summed E-state index contributed by atoms with van der Waals surface area (Å²) in [6.45, 7) is 4.99. The summed E-state index contributed by atoms with van der Waals surface area (Å²) in [4.78, 5) is 25.8. The maximum Gasteiger partial charge on any atom is 0.328 e. The number of hydrogen-bond donors (Lipinski definition) is 1. The number of nitrogens with zero attached hydrogens (tertiary/aromatic N) is 3. The van der Waals surface area contributed by atoms with Gasteiger partial charge >= 0.3 is 5.97 Å². The van der Waals surface area contributed by atoms with E-state index in [-0.39, 0.29) is 12.3 Å². The van der Waals surface area contributed by atoms with Gasteiger partial charge in [-0.3, -0.25) is 9.48 Å². The normalized spacial score (nSPS) is 21.3. The van der Waals surface area contributed by atoms with Crippen LogP contribution in [0.3, 0.4) is 0 Å². The van der Waals surface area contributed by atoms with Crippen LogP contribution in [-0.4, -0.2) is 57.5 Å². The standard InChI is InChI=1S/C16H25N3O4/c1-11-9-12(2)19(17-11)7-4-5-15(21)18-8-6-13(20)10-14(18)16(22)23-3/h9,13-14,20H,4-8,10H2,1-3H3/t13-,14+/m1/s1. The topological polar surface area (TPSA) is 84.7 Å². The average molecular weight is 323 g/mol. The fourth-order valence-corrected chi connectivity index (χ4v) is 3.03. The first kappa shape index (κ1) is 17.5. The molecule has 2 atom stereocenters. The zero-order valence-corrected chi connectivity index (χ0v) is 14.0. The van der Waals surface area contributed by atoms with Crippen LogP contribution in [0.25, 0.3) is 0 Å². The van der Waals surface area contributed by atoms with E-state index in [0.717, 1.165) is 11.4 Å². The van der Waals surface area contributed by atoms with Crippen molar-refractivity contribution < 1.29 is 19.4 Å². The van der Waals surface area contributed by atoms with Gasteiger partial charge in [-0.1, -0.05) is 0 Å². The Bertz CT molecular complexity index is 570. The van der Waals surface area contributed by atoms with E-state index in [4.69, 9.17) is 4.74 Å². The predicted octanol–water partition coefficient (Wildman–Crippen LogP) is 0.805. The molecule has 1 saturated heterocycles. The van der Waals surface area contributed by atoms with Gasteiger partial charge in [0.25, 0.3) is 0 Å². The second-order valence-electron chi connectivity index (χ2n) is 6.06. The number of aliphatic hydroxyl groups is 1. The maximum absolute atomic E-state index is 12.4. The van der Waals surface area contributed by atoms with Gasteiger partial charge < -0.3 is 14.7 Å². The van der Waals surface area contributed by atoms with Gasteiger partial charge in [0.15, 0.2) is 0 Å². The molecule has 23 heavy (non-hydrogen) atoms. The van der Waals surface area contributed by atoms with E-state index >= 15 is 0 Å². The molecule has 0 aliphatic carbocycles. The molecule has 1 aliphatic heterocycles. The zero-order chi connectivity index (χ0) is 17.0. The van der Waals surface area contributed by atoms with Crippen molar-refractivity contribution in [3.05, 3.63) is 17.5 Å². The number of aliphatic hydroxyl groups excluding tert-OH is 1. The van der Waals surface area contributed by atoms with Crippen molar-refractivity contribution in [1.29, 1.82) is 0 Å². The number of ether oxygens (including phenoxy) is 1. The van der Waals surface area contributed by atoms with Gasteiger partial charge in [-0.05, 0) is 32.8 Å². The molecular formula is C16H25N3O4. The van der Waals surface area contributed by atoms with Gasteiger partial charge in [0.1, 0.15) is 6.04 Å². The lowest BCUT2D eigenvalue weighted by Gasteiger charge is -2.36. The first-order valence-electron chi connectivity index (χ1n) is 7.98. The Morgan fingerprint density at radius 2 is 2.17 bits per heavy atom. The fourth-order valence-electron chi connectivity index (χ4n) is 3.03. The number of aromatic nitrogens is 2. The highest BCUT2D eigenvalue weighted by molar-refractivity contribution is 5.84. The van der Waals surface area contributed by atoms with Crippen LogP contribution < -0.4 is 0 Å². The molecule has 128 valence electrons. The van der Waals surface area contributed by atoms with E-state index in [1.807, 2.05) is 24.6 Å². The van der Waals surface area contributed by atoms with Gasteiger partial charge in [-0.15, -0.1) is 0 Å². The summed E-state index contributed by atoms with van der Waals surface area (Å²) >= 11 is 0. The average Bonchev–Trinajstić information content (AvgIpc) is 2.84. The molecule has 0 aromatic carbocycles. The molecule has 0 spiro atoms. The van der Waals surface area contributed by atoms with Gasteiger partial charge in [0.2, 0.25) is 5.91 Å². The van der Waals surface area contributed by atoms with E-state index in [1.165, 1.54) is 7.11 Å². The first-order chi connectivity index (χ1) is 10.9. The minimum absolute atomic E-state index is 0.0752. The summed E-state index contributed by atoms with van der Waals surface area (Å²) in [6.07, 6.45) is 1.19. The summed E-state index contributed by atoms with van der Waals surface area (Å²) in [6, 6.07) is 1.33. The minimum atomic E-state index is -0.676. The third-order valence-corrected chi connectivity index (χ3v) is 4.23. The number of carbonyl (C=O) groups excluding carboxylic acids is 2. The number of rotatable bonds is 5. The number of methoxy groups -OCH3 is 1. The van der Waals surface area contributed by atoms with Crippen LogP contribution in [0.4, 0.5) is 0 Å². The molecular weight excluding hydrogens is 298 g/mol. The molecule has 2 rings (SSSR count). The van der Waals surface area contributed by atoms with Gasteiger partial charge in [0.05, 0.1) is 18.9 Å². The summed E-state index contributed by atoms with van der Waals surface area (Å²) in [5.74, 6) is -0.538. The van der Waals surface area contributed by atoms with Crippen LogP contribution in [0, 0.1) is 13.8 Å². The molecule has 0 unspecified atom stereocenters. The van der Waals surface area contributed by atoms with Crippen molar-refractivity contribution in [2.45, 2.75) is 58.2 Å². The highest BCUT2D eigenvalue weighted by Crippen LogP contribution is 2.20. The fraction of sp³-hybridized carbons (Fsp3) is 0.688. The Labute approximate surface area is 136 Å². The molecule has 2 heterocycles. The number of amides is 1. The molecule has 1 N–H and O–H groups in total. The van der Waals surface area contributed by atoms with Gasteiger partial charge in [-0.25, -0.2) is 4.79 Å². The molecule has 0 bridgehead atoms. The number of carbonyl (C=O) groups is 2. The van der Waals surface area contributed by atoms with Crippen molar-refractivity contribution in [1.82, 2.24) is 14.7 Å². The molecule has 7 nitrogen and oxygen atoms in total. The molecule has 1 aliphatic rings. The third-order valence-electron chi connectivity index (χ3n) is 4.23. The van der Waals surface area contributed by atoms with E-state index in [0.29, 0.717) is 32.4 Å². The quantitative estimate of drug-likeness (QED) is 0.811. The first-order valence-corrected chi connectivity index (χ1v) is 7.98.